The minimum Gasteiger partial charge on any atom is -0.494 e. The van der Waals surface area contributed by atoms with Crippen molar-refractivity contribution in [3.63, 3.8) is 0 Å². The van der Waals surface area contributed by atoms with E-state index in [4.69, 9.17) is 9.47 Å². The molecule has 0 fully saturated rings. The van der Waals surface area contributed by atoms with Gasteiger partial charge in [0.25, 0.3) is 0 Å². The fourth-order valence-electron chi connectivity index (χ4n) is 1.75. The van der Waals surface area contributed by atoms with Crippen LogP contribution in [-0.4, -0.2) is 19.8 Å². The molecule has 0 aliphatic carbocycles. The minimum atomic E-state index is -0.339. The van der Waals surface area contributed by atoms with E-state index >= 15 is 0 Å². The highest BCUT2D eigenvalue weighted by Crippen LogP contribution is 2.16. The van der Waals surface area contributed by atoms with E-state index < -0.39 is 0 Å². The van der Waals surface area contributed by atoms with Gasteiger partial charge in [0.15, 0.2) is 11.6 Å². The van der Waals surface area contributed by atoms with Crippen LogP contribution in [0, 0.1) is 5.82 Å². The fraction of sp³-hybridized carbons (Fsp3) is 0.250. The zero-order chi connectivity index (χ0) is 14.2. The van der Waals surface area contributed by atoms with Gasteiger partial charge in [0.1, 0.15) is 12.4 Å². The van der Waals surface area contributed by atoms with Gasteiger partial charge < -0.3 is 14.8 Å². The number of rotatable bonds is 7. The second-order valence-corrected chi connectivity index (χ2v) is 4.16. The number of nitrogens with one attached hydrogen (secondary N) is 1. The maximum atomic E-state index is 13.3. The zero-order valence-corrected chi connectivity index (χ0v) is 11.4. The van der Waals surface area contributed by atoms with Crippen LogP contribution >= 0.6 is 0 Å². The summed E-state index contributed by atoms with van der Waals surface area (Å²) in [6, 6.07) is 14.1. The molecule has 0 bridgehead atoms. The predicted octanol–water partition coefficient (Wildman–Crippen LogP) is 3.72. The van der Waals surface area contributed by atoms with Crippen LogP contribution in [0.5, 0.6) is 11.5 Å². The standard InChI is InChI=1S/C16H18FNO2/c1-2-19-14-9-7-13(8-10-14)18-11-12-20-16-6-4-3-5-15(16)17/h3-10,18H,2,11-12H2,1H3. The van der Waals surface area contributed by atoms with E-state index in [1.807, 2.05) is 31.2 Å². The van der Waals surface area contributed by atoms with Crippen LogP contribution in [0.3, 0.4) is 0 Å². The molecule has 3 nitrogen and oxygen atoms in total. The molecule has 1 N–H and O–H groups in total. The largest absolute Gasteiger partial charge is 0.494 e. The van der Waals surface area contributed by atoms with Crippen molar-refractivity contribution in [2.75, 3.05) is 25.1 Å². The van der Waals surface area contributed by atoms with Crippen molar-refractivity contribution in [3.8, 4) is 11.5 Å². The monoisotopic (exact) mass is 275 g/mol. The Morgan fingerprint density at radius 3 is 2.45 bits per heavy atom. The SMILES string of the molecule is CCOc1ccc(NCCOc2ccccc2F)cc1. The quantitative estimate of drug-likeness (QED) is 0.781. The van der Waals surface area contributed by atoms with Crippen LogP contribution < -0.4 is 14.8 Å². The average molecular weight is 275 g/mol. The Morgan fingerprint density at radius 2 is 1.75 bits per heavy atom. The molecule has 106 valence electrons. The third kappa shape index (κ3) is 4.16. The first-order chi connectivity index (χ1) is 9.79. The van der Waals surface area contributed by atoms with E-state index in [0.717, 1.165) is 11.4 Å². The summed E-state index contributed by atoms with van der Waals surface area (Å²) in [6.07, 6.45) is 0. The van der Waals surface area contributed by atoms with Crippen LogP contribution in [0.25, 0.3) is 0 Å². The van der Waals surface area contributed by atoms with Crippen molar-refractivity contribution in [1.29, 1.82) is 0 Å². The molecule has 2 aromatic carbocycles. The number of ether oxygens (including phenoxy) is 2. The highest BCUT2D eigenvalue weighted by molar-refractivity contribution is 5.46. The van der Waals surface area contributed by atoms with E-state index in [2.05, 4.69) is 5.32 Å². The van der Waals surface area contributed by atoms with Crippen molar-refractivity contribution in [3.05, 3.63) is 54.3 Å². The molecule has 0 unspecified atom stereocenters. The van der Waals surface area contributed by atoms with Crippen LogP contribution in [0.2, 0.25) is 0 Å². The first kappa shape index (κ1) is 14.2. The number of hydrogen-bond acceptors (Lipinski definition) is 3. The number of halogens is 1. The molecule has 0 saturated heterocycles. The zero-order valence-electron chi connectivity index (χ0n) is 11.4. The van der Waals surface area contributed by atoms with E-state index in [1.54, 1.807) is 18.2 Å². The van der Waals surface area contributed by atoms with Crippen LogP contribution in [0.4, 0.5) is 10.1 Å². The van der Waals surface area contributed by atoms with E-state index in [0.29, 0.717) is 19.8 Å². The molecule has 2 rings (SSSR count). The summed E-state index contributed by atoms with van der Waals surface area (Å²) in [7, 11) is 0. The Kier molecular flexibility index (Phi) is 5.24. The topological polar surface area (TPSA) is 30.5 Å². The van der Waals surface area contributed by atoms with Crippen LogP contribution in [0.1, 0.15) is 6.92 Å². The minimum absolute atomic E-state index is 0.279. The Morgan fingerprint density at radius 1 is 1.00 bits per heavy atom. The summed E-state index contributed by atoms with van der Waals surface area (Å²) >= 11 is 0. The van der Waals surface area contributed by atoms with Crippen LogP contribution in [-0.2, 0) is 0 Å². The van der Waals surface area contributed by atoms with E-state index in [1.165, 1.54) is 6.07 Å². The first-order valence-corrected chi connectivity index (χ1v) is 6.63. The molecule has 0 saturated carbocycles. The summed E-state index contributed by atoms with van der Waals surface area (Å²) in [5.74, 6) is 0.787. The van der Waals surface area contributed by atoms with Crippen molar-refractivity contribution in [2.45, 2.75) is 6.92 Å². The summed E-state index contributed by atoms with van der Waals surface area (Å²) in [5.41, 5.74) is 0.977. The Bertz CT molecular complexity index is 528. The molecule has 0 aliphatic heterocycles. The lowest BCUT2D eigenvalue weighted by molar-refractivity contribution is 0.315. The first-order valence-electron chi connectivity index (χ1n) is 6.63. The third-order valence-corrected chi connectivity index (χ3v) is 2.69. The Labute approximate surface area is 118 Å². The van der Waals surface area contributed by atoms with Crippen molar-refractivity contribution >= 4 is 5.69 Å². The molecule has 0 radical (unpaired) electrons. The molecule has 20 heavy (non-hydrogen) atoms. The molecular weight excluding hydrogens is 257 g/mol. The molecule has 0 aromatic heterocycles. The van der Waals surface area contributed by atoms with Gasteiger partial charge in [-0.2, -0.15) is 0 Å². The molecule has 0 heterocycles. The summed E-state index contributed by atoms with van der Waals surface area (Å²) < 4.78 is 24.0. The van der Waals surface area contributed by atoms with Gasteiger partial charge in [-0.3, -0.25) is 0 Å². The summed E-state index contributed by atoms with van der Waals surface area (Å²) in [5, 5.41) is 3.20. The van der Waals surface area contributed by atoms with Gasteiger partial charge in [0, 0.05) is 12.2 Å². The molecule has 2 aromatic rings. The maximum Gasteiger partial charge on any atom is 0.165 e. The lowest BCUT2D eigenvalue weighted by Gasteiger charge is -2.10. The smallest absolute Gasteiger partial charge is 0.165 e. The number of para-hydroxylation sites is 1. The highest BCUT2D eigenvalue weighted by atomic mass is 19.1. The second kappa shape index (κ2) is 7.38. The number of benzene rings is 2. The van der Waals surface area contributed by atoms with Gasteiger partial charge in [-0.25, -0.2) is 4.39 Å². The lowest BCUT2D eigenvalue weighted by atomic mass is 10.3. The third-order valence-electron chi connectivity index (χ3n) is 2.69. The number of anilines is 1. The van der Waals surface area contributed by atoms with Gasteiger partial charge in [-0.1, -0.05) is 12.1 Å². The average Bonchev–Trinajstić information content (AvgIpc) is 2.47. The summed E-state index contributed by atoms with van der Waals surface area (Å²) in [4.78, 5) is 0. The van der Waals surface area contributed by atoms with E-state index in [9.17, 15) is 4.39 Å². The molecule has 0 spiro atoms. The predicted molar refractivity (Wildman–Crippen MR) is 78.0 cm³/mol. The van der Waals surface area contributed by atoms with Gasteiger partial charge in [0.05, 0.1) is 6.61 Å². The van der Waals surface area contributed by atoms with Crippen molar-refractivity contribution in [2.24, 2.45) is 0 Å². The van der Waals surface area contributed by atoms with Crippen molar-refractivity contribution < 1.29 is 13.9 Å². The number of hydrogen-bond donors (Lipinski definition) is 1. The Balaban J connectivity index is 1.74. The van der Waals surface area contributed by atoms with Crippen molar-refractivity contribution in [1.82, 2.24) is 0 Å². The molecule has 0 aliphatic rings. The molecule has 0 amide bonds. The Hall–Kier alpha value is -2.23. The summed E-state index contributed by atoms with van der Waals surface area (Å²) in [6.45, 7) is 3.60. The lowest BCUT2D eigenvalue weighted by Crippen LogP contribution is -2.11. The molecule has 0 atom stereocenters. The molecular formula is C16H18FNO2. The fourth-order valence-corrected chi connectivity index (χ4v) is 1.75. The normalized spacial score (nSPS) is 10.1. The second-order valence-electron chi connectivity index (χ2n) is 4.16. The van der Waals surface area contributed by atoms with Gasteiger partial charge in [-0.05, 0) is 43.3 Å². The van der Waals surface area contributed by atoms with Gasteiger partial charge in [-0.15, -0.1) is 0 Å². The maximum absolute atomic E-state index is 13.3. The molecule has 4 heteroatoms. The van der Waals surface area contributed by atoms with Crippen LogP contribution in [0.15, 0.2) is 48.5 Å². The van der Waals surface area contributed by atoms with E-state index in [-0.39, 0.29) is 11.6 Å². The van der Waals surface area contributed by atoms with Gasteiger partial charge >= 0.3 is 0 Å². The highest BCUT2D eigenvalue weighted by Gasteiger charge is 2.00. The van der Waals surface area contributed by atoms with Gasteiger partial charge in [0.2, 0.25) is 0 Å².